The fourth-order valence-corrected chi connectivity index (χ4v) is 4.58. The van der Waals surface area contributed by atoms with Gasteiger partial charge in [0.2, 0.25) is 11.8 Å². The molecule has 8 nitrogen and oxygen atoms in total. The summed E-state index contributed by atoms with van der Waals surface area (Å²) in [5, 5.41) is 12.6. The Kier molecular flexibility index (Phi) is 7.89. The standard InChI is InChI=1S/C30H30N6O2/c37-29(35-25-9-5-23(6-10-25)33-27-13-17-31-18-14-27)21-1-2-22(4-3-21)30(38)36-26-11-7-24(8-12-26)34-28-15-19-32-20-16-28/h5-22H,1-4H2,(H,31,33)(H,32,34)(H,35,37)(H,36,38). The molecule has 38 heavy (non-hydrogen) atoms. The highest BCUT2D eigenvalue weighted by Crippen LogP contribution is 2.31. The molecule has 0 atom stereocenters. The molecule has 0 unspecified atom stereocenters. The third-order valence-corrected chi connectivity index (χ3v) is 6.71. The van der Waals surface area contributed by atoms with Crippen molar-refractivity contribution in [2.75, 3.05) is 21.3 Å². The zero-order valence-corrected chi connectivity index (χ0v) is 20.9. The van der Waals surface area contributed by atoms with E-state index in [0.717, 1.165) is 34.1 Å². The van der Waals surface area contributed by atoms with Gasteiger partial charge >= 0.3 is 0 Å². The fourth-order valence-electron chi connectivity index (χ4n) is 4.58. The number of benzene rings is 2. The van der Waals surface area contributed by atoms with Crippen molar-refractivity contribution in [1.82, 2.24) is 9.97 Å². The molecule has 0 saturated heterocycles. The lowest BCUT2D eigenvalue weighted by Gasteiger charge is -2.27. The number of amides is 2. The van der Waals surface area contributed by atoms with E-state index in [1.165, 1.54) is 0 Å². The second kappa shape index (κ2) is 12.0. The molecular weight excluding hydrogens is 476 g/mol. The van der Waals surface area contributed by atoms with Crippen LogP contribution in [-0.4, -0.2) is 21.8 Å². The number of nitrogens with one attached hydrogen (secondary N) is 4. The van der Waals surface area contributed by atoms with Gasteiger partial charge in [-0.2, -0.15) is 0 Å². The minimum Gasteiger partial charge on any atom is -0.355 e. The van der Waals surface area contributed by atoms with Crippen molar-refractivity contribution in [3.63, 3.8) is 0 Å². The van der Waals surface area contributed by atoms with Crippen molar-refractivity contribution in [3.05, 3.63) is 97.6 Å². The number of carbonyl (C=O) groups excluding carboxylic acids is 2. The maximum absolute atomic E-state index is 12.8. The Labute approximate surface area is 221 Å². The molecule has 0 radical (unpaired) electrons. The molecule has 2 aromatic heterocycles. The normalized spacial score (nSPS) is 16.7. The molecule has 2 aromatic carbocycles. The van der Waals surface area contributed by atoms with Gasteiger partial charge < -0.3 is 21.3 Å². The summed E-state index contributed by atoms with van der Waals surface area (Å²) in [6, 6.07) is 22.8. The van der Waals surface area contributed by atoms with Crippen LogP contribution in [0.2, 0.25) is 0 Å². The zero-order chi connectivity index (χ0) is 26.2. The highest BCUT2D eigenvalue weighted by atomic mass is 16.2. The Bertz CT molecular complexity index is 1230. The Balaban J connectivity index is 1.06. The molecule has 4 aromatic rings. The molecule has 4 N–H and O–H groups in total. The van der Waals surface area contributed by atoms with Gasteiger partial charge in [0, 0.05) is 70.7 Å². The third-order valence-electron chi connectivity index (χ3n) is 6.71. The summed E-state index contributed by atoms with van der Waals surface area (Å²) in [6.45, 7) is 0. The van der Waals surface area contributed by atoms with Crippen molar-refractivity contribution in [3.8, 4) is 0 Å². The average molecular weight is 507 g/mol. The van der Waals surface area contributed by atoms with Crippen LogP contribution in [-0.2, 0) is 9.59 Å². The van der Waals surface area contributed by atoms with E-state index in [0.29, 0.717) is 25.7 Å². The molecule has 5 rings (SSSR count). The molecule has 1 saturated carbocycles. The molecule has 8 heteroatoms. The van der Waals surface area contributed by atoms with Crippen molar-refractivity contribution < 1.29 is 9.59 Å². The first kappa shape index (κ1) is 25.0. The monoisotopic (exact) mass is 506 g/mol. The minimum absolute atomic E-state index is 0.0102. The van der Waals surface area contributed by atoms with Crippen LogP contribution in [0.25, 0.3) is 0 Å². The summed E-state index contributed by atoms with van der Waals surface area (Å²) in [5.74, 6) is -0.161. The lowest BCUT2D eigenvalue weighted by Crippen LogP contribution is -2.32. The zero-order valence-electron chi connectivity index (χ0n) is 20.9. The molecule has 0 bridgehead atoms. The second-order valence-corrected chi connectivity index (χ2v) is 9.40. The van der Waals surface area contributed by atoms with Crippen LogP contribution in [0.3, 0.4) is 0 Å². The highest BCUT2D eigenvalue weighted by molar-refractivity contribution is 5.94. The van der Waals surface area contributed by atoms with E-state index in [9.17, 15) is 9.59 Å². The number of nitrogens with zero attached hydrogens (tertiary/aromatic N) is 2. The number of hydrogen-bond acceptors (Lipinski definition) is 6. The number of aromatic nitrogens is 2. The van der Waals surface area contributed by atoms with Crippen LogP contribution in [0.15, 0.2) is 97.6 Å². The highest BCUT2D eigenvalue weighted by Gasteiger charge is 2.30. The van der Waals surface area contributed by atoms with Crippen LogP contribution >= 0.6 is 0 Å². The average Bonchev–Trinajstić information content (AvgIpc) is 2.96. The summed E-state index contributed by atoms with van der Waals surface area (Å²) in [7, 11) is 0. The van der Waals surface area contributed by atoms with E-state index in [4.69, 9.17) is 0 Å². The van der Waals surface area contributed by atoms with E-state index in [1.54, 1.807) is 24.8 Å². The molecule has 1 aliphatic carbocycles. The Morgan fingerprint density at radius 3 is 1.11 bits per heavy atom. The number of pyridine rings is 2. The van der Waals surface area contributed by atoms with E-state index >= 15 is 0 Å². The molecule has 1 fully saturated rings. The van der Waals surface area contributed by atoms with E-state index in [1.807, 2.05) is 72.8 Å². The minimum atomic E-state index is -0.0905. The number of rotatable bonds is 8. The Hall–Kier alpha value is -4.72. The molecule has 2 amide bonds. The van der Waals surface area contributed by atoms with Crippen LogP contribution < -0.4 is 21.3 Å². The van der Waals surface area contributed by atoms with Gasteiger partial charge in [-0.1, -0.05) is 0 Å². The number of carbonyl (C=O) groups is 2. The Morgan fingerprint density at radius 2 is 0.763 bits per heavy atom. The van der Waals surface area contributed by atoms with Gasteiger partial charge in [0.15, 0.2) is 0 Å². The lowest BCUT2D eigenvalue weighted by atomic mass is 9.81. The van der Waals surface area contributed by atoms with Crippen molar-refractivity contribution >= 4 is 45.9 Å². The van der Waals surface area contributed by atoms with Crippen molar-refractivity contribution in [2.45, 2.75) is 25.7 Å². The van der Waals surface area contributed by atoms with Gasteiger partial charge in [0.1, 0.15) is 0 Å². The van der Waals surface area contributed by atoms with Crippen LogP contribution in [0.1, 0.15) is 25.7 Å². The molecule has 1 aliphatic rings. The maximum Gasteiger partial charge on any atom is 0.227 e. The van der Waals surface area contributed by atoms with Gasteiger partial charge in [-0.05, 0) is 98.5 Å². The topological polar surface area (TPSA) is 108 Å². The number of anilines is 6. The second-order valence-electron chi connectivity index (χ2n) is 9.40. The first-order valence-corrected chi connectivity index (χ1v) is 12.8. The van der Waals surface area contributed by atoms with E-state index < -0.39 is 0 Å². The van der Waals surface area contributed by atoms with Gasteiger partial charge in [-0.3, -0.25) is 19.6 Å². The summed E-state index contributed by atoms with van der Waals surface area (Å²) >= 11 is 0. The van der Waals surface area contributed by atoms with Crippen LogP contribution in [0.4, 0.5) is 34.1 Å². The summed E-state index contributed by atoms with van der Waals surface area (Å²) in [5.41, 5.74) is 5.29. The molecule has 0 spiro atoms. The smallest absolute Gasteiger partial charge is 0.227 e. The van der Waals surface area contributed by atoms with E-state index in [-0.39, 0.29) is 23.7 Å². The summed E-state index contributed by atoms with van der Waals surface area (Å²) < 4.78 is 0. The largest absolute Gasteiger partial charge is 0.355 e. The molecular formula is C30H30N6O2. The predicted molar refractivity (Wildman–Crippen MR) is 151 cm³/mol. The quantitative estimate of drug-likeness (QED) is 0.222. The number of hydrogen-bond donors (Lipinski definition) is 4. The summed E-state index contributed by atoms with van der Waals surface area (Å²) in [6.07, 6.45) is 9.71. The molecule has 0 aliphatic heterocycles. The molecule has 2 heterocycles. The van der Waals surface area contributed by atoms with Crippen LogP contribution in [0, 0.1) is 11.8 Å². The van der Waals surface area contributed by atoms with Gasteiger partial charge in [-0.15, -0.1) is 0 Å². The predicted octanol–water partition coefficient (Wildman–Crippen LogP) is 6.35. The van der Waals surface area contributed by atoms with Crippen LogP contribution in [0.5, 0.6) is 0 Å². The van der Waals surface area contributed by atoms with Gasteiger partial charge in [0.25, 0.3) is 0 Å². The van der Waals surface area contributed by atoms with Crippen molar-refractivity contribution in [1.29, 1.82) is 0 Å². The molecule has 192 valence electrons. The third kappa shape index (κ3) is 6.73. The van der Waals surface area contributed by atoms with Gasteiger partial charge in [-0.25, -0.2) is 0 Å². The first-order chi connectivity index (χ1) is 18.6. The maximum atomic E-state index is 12.8. The lowest BCUT2D eigenvalue weighted by molar-refractivity contribution is -0.125. The first-order valence-electron chi connectivity index (χ1n) is 12.8. The fraction of sp³-hybridized carbons (Fsp3) is 0.200. The van der Waals surface area contributed by atoms with E-state index in [2.05, 4.69) is 31.2 Å². The van der Waals surface area contributed by atoms with Gasteiger partial charge in [0.05, 0.1) is 0 Å². The van der Waals surface area contributed by atoms with Crippen molar-refractivity contribution in [2.24, 2.45) is 11.8 Å². The SMILES string of the molecule is O=C(Nc1ccc(Nc2ccncc2)cc1)C1CCC(C(=O)Nc2ccc(Nc3ccncc3)cc2)CC1. The summed E-state index contributed by atoms with van der Waals surface area (Å²) in [4.78, 5) is 33.7. The Morgan fingerprint density at radius 1 is 0.474 bits per heavy atom.